The van der Waals surface area contributed by atoms with Gasteiger partial charge in [-0.15, -0.1) is 0 Å². The first kappa shape index (κ1) is 14.8. The summed E-state index contributed by atoms with van der Waals surface area (Å²) in [6.45, 7) is 6.07. The van der Waals surface area contributed by atoms with Crippen LogP contribution in [-0.4, -0.2) is 64.4 Å². The van der Waals surface area contributed by atoms with E-state index >= 15 is 0 Å². The zero-order valence-corrected chi connectivity index (χ0v) is 9.70. The Bertz CT molecular complexity index is 124. The number of ether oxygens (including phenoxy) is 3. The minimum atomic E-state index is -0.552. The van der Waals surface area contributed by atoms with Crippen LogP contribution in [0.25, 0.3) is 0 Å². The van der Waals surface area contributed by atoms with Gasteiger partial charge in [-0.1, -0.05) is 6.92 Å². The van der Waals surface area contributed by atoms with Crippen LogP contribution >= 0.6 is 0 Å². The third-order valence-electron chi connectivity index (χ3n) is 1.73. The molecule has 0 aliphatic carbocycles. The summed E-state index contributed by atoms with van der Waals surface area (Å²) in [7, 11) is 1.61. The minimum Gasteiger partial charge on any atom is -0.388 e. The molecule has 0 aliphatic rings. The summed E-state index contributed by atoms with van der Waals surface area (Å²) in [6.07, 6.45) is -0.552. The molecule has 0 aromatic heterocycles. The standard InChI is InChI=1S/C10H23NO4/c1-3-11-4-5-14-8-10(12)9-15-7-6-13-2/h10-12H,3-9H2,1-2H3. The largest absolute Gasteiger partial charge is 0.388 e. The molecule has 1 atom stereocenters. The molecule has 0 bridgehead atoms. The van der Waals surface area contributed by atoms with Crippen molar-refractivity contribution in [1.29, 1.82) is 0 Å². The van der Waals surface area contributed by atoms with E-state index in [9.17, 15) is 5.11 Å². The molecule has 1 unspecified atom stereocenters. The van der Waals surface area contributed by atoms with Crippen LogP contribution in [-0.2, 0) is 14.2 Å². The van der Waals surface area contributed by atoms with Crippen molar-refractivity contribution in [2.45, 2.75) is 13.0 Å². The highest BCUT2D eigenvalue weighted by Gasteiger charge is 2.03. The number of rotatable bonds is 11. The summed E-state index contributed by atoms with van der Waals surface area (Å²) in [5, 5.41) is 12.5. The maximum Gasteiger partial charge on any atom is 0.101 e. The van der Waals surface area contributed by atoms with Gasteiger partial charge in [0.25, 0.3) is 0 Å². The van der Waals surface area contributed by atoms with Gasteiger partial charge < -0.3 is 24.6 Å². The van der Waals surface area contributed by atoms with Crippen LogP contribution in [0, 0.1) is 0 Å². The lowest BCUT2D eigenvalue weighted by atomic mass is 10.4. The highest BCUT2D eigenvalue weighted by Crippen LogP contribution is 1.87. The molecule has 0 rings (SSSR count). The Morgan fingerprint density at radius 2 is 1.80 bits per heavy atom. The fraction of sp³-hybridized carbons (Fsp3) is 1.00. The molecular weight excluding hydrogens is 198 g/mol. The average molecular weight is 221 g/mol. The first-order valence-corrected chi connectivity index (χ1v) is 5.34. The molecule has 0 amide bonds. The van der Waals surface area contributed by atoms with Crippen molar-refractivity contribution in [2.75, 3.05) is 53.2 Å². The summed E-state index contributed by atoms with van der Waals surface area (Å²) in [6, 6.07) is 0. The molecule has 5 nitrogen and oxygen atoms in total. The summed E-state index contributed by atoms with van der Waals surface area (Å²) in [5.41, 5.74) is 0. The van der Waals surface area contributed by atoms with E-state index in [-0.39, 0.29) is 0 Å². The van der Waals surface area contributed by atoms with Crippen LogP contribution in [0.2, 0.25) is 0 Å². The summed E-state index contributed by atoms with van der Waals surface area (Å²) < 4.78 is 15.2. The van der Waals surface area contributed by atoms with Gasteiger partial charge in [-0.3, -0.25) is 0 Å². The first-order chi connectivity index (χ1) is 7.31. The van der Waals surface area contributed by atoms with Gasteiger partial charge in [-0.25, -0.2) is 0 Å². The molecule has 0 fully saturated rings. The number of hydrogen-bond acceptors (Lipinski definition) is 5. The van der Waals surface area contributed by atoms with Gasteiger partial charge in [0.15, 0.2) is 0 Å². The molecule has 0 spiro atoms. The quantitative estimate of drug-likeness (QED) is 0.466. The number of hydrogen-bond donors (Lipinski definition) is 2. The number of aliphatic hydroxyl groups excluding tert-OH is 1. The van der Waals surface area contributed by atoms with E-state index in [1.54, 1.807) is 7.11 Å². The molecular formula is C10H23NO4. The Labute approximate surface area is 91.7 Å². The van der Waals surface area contributed by atoms with E-state index < -0.39 is 6.10 Å². The van der Waals surface area contributed by atoms with Crippen LogP contribution in [0.3, 0.4) is 0 Å². The van der Waals surface area contributed by atoms with Crippen LogP contribution < -0.4 is 5.32 Å². The number of aliphatic hydroxyl groups is 1. The third kappa shape index (κ3) is 11.7. The molecule has 0 saturated carbocycles. The van der Waals surface area contributed by atoms with Crippen LogP contribution in [0.15, 0.2) is 0 Å². The van der Waals surface area contributed by atoms with E-state index in [1.807, 2.05) is 6.92 Å². The zero-order chi connectivity index (χ0) is 11.4. The molecule has 0 aromatic carbocycles. The fourth-order valence-electron chi connectivity index (χ4n) is 0.950. The second kappa shape index (κ2) is 11.9. The summed E-state index contributed by atoms with van der Waals surface area (Å²) in [5.74, 6) is 0. The normalized spacial score (nSPS) is 13.0. The van der Waals surface area contributed by atoms with Gasteiger partial charge in [-0.2, -0.15) is 0 Å². The SMILES string of the molecule is CCNCCOCC(O)COCCOC. The Hall–Kier alpha value is -0.200. The van der Waals surface area contributed by atoms with Crippen molar-refractivity contribution in [1.82, 2.24) is 5.32 Å². The van der Waals surface area contributed by atoms with Gasteiger partial charge >= 0.3 is 0 Å². The Morgan fingerprint density at radius 3 is 2.40 bits per heavy atom. The van der Waals surface area contributed by atoms with Gasteiger partial charge in [0.1, 0.15) is 6.10 Å². The molecule has 0 saturated heterocycles. The maximum absolute atomic E-state index is 9.39. The molecule has 2 N–H and O–H groups in total. The van der Waals surface area contributed by atoms with Gasteiger partial charge in [0.05, 0.1) is 33.0 Å². The van der Waals surface area contributed by atoms with Gasteiger partial charge in [0, 0.05) is 13.7 Å². The van der Waals surface area contributed by atoms with E-state index in [1.165, 1.54) is 0 Å². The average Bonchev–Trinajstić information content (AvgIpc) is 2.24. The monoisotopic (exact) mass is 221 g/mol. The first-order valence-electron chi connectivity index (χ1n) is 5.34. The van der Waals surface area contributed by atoms with E-state index in [2.05, 4.69) is 5.32 Å². The molecule has 0 aromatic rings. The smallest absolute Gasteiger partial charge is 0.101 e. The fourth-order valence-corrected chi connectivity index (χ4v) is 0.950. The zero-order valence-electron chi connectivity index (χ0n) is 9.70. The second-order valence-corrected chi connectivity index (χ2v) is 3.15. The number of likely N-dealkylation sites (N-methyl/N-ethyl adjacent to an activating group) is 1. The van der Waals surface area contributed by atoms with Crippen LogP contribution in [0.5, 0.6) is 0 Å². The lowest BCUT2D eigenvalue weighted by molar-refractivity contribution is -0.0275. The van der Waals surface area contributed by atoms with Crippen molar-refractivity contribution in [3.63, 3.8) is 0 Å². The molecule has 0 aliphatic heterocycles. The predicted molar refractivity (Wildman–Crippen MR) is 58.1 cm³/mol. The molecule has 5 heteroatoms. The van der Waals surface area contributed by atoms with Crippen LogP contribution in [0.1, 0.15) is 6.92 Å². The molecule has 92 valence electrons. The van der Waals surface area contributed by atoms with Crippen molar-refractivity contribution in [3.05, 3.63) is 0 Å². The Kier molecular flexibility index (Phi) is 11.7. The molecule has 0 heterocycles. The number of methoxy groups -OCH3 is 1. The second-order valence-electron chi connectivity index (χ2n) is 3.15. The van der Waals surface area contributed by atoms with E-state index in [0.29, 0.717) is 33.0 Å². The van der Waals surface area contributed by atoms with Crippen LogP contribution in [0.4, 0.5) is 0 Å². The molecule has 0 radical (unpaired) electrons. The predicted octanol–water partition coefficient (Wildman–Crippen LogP) is -0.364. The molecule has 15 heavy (non-hydrogen) atoms. The Balaban J connectivity index is 3.08. The van der Waals surface area contributed by atoms with Crippen molar-refractivity contribution >= 4 is 0 Å². The van der Waals surface area contributed by atoms with Gasteiger partial charge in [-0.05, 0) is 6.54 Å². The van der Waals surface area contributed by atoms with E-state index in [0.717, 1.165) is 13.1 Å². The van der Waals surface area contributed by atoms with Gasteiger partial charge in [0.2, 0.25) is 0 Å². The summed E-state index contributed by atoms with van der Waals surface area (Å²) in [4.78, 5) is 0. The summed E-state index contributed by atoms with van der Waals surface area (Å²) >= 11 is 0. The van der Waals surface area contributed by atoms with Crippen molar-refractivity contribution < 1.29 is 19.3 Å². The number of nitrogens with one attached hydrogen (secondary N) is 1. The highest BCUT2D eigenvalue weighted by atomic mass is 16.5. The highest BCUT2D eigenvalue weighted by molar-refractivity contribution is 4.51. The lowest BCUT2D eigenvalue weighted by Gasteiger charge is -2.11. The third-order valence-corrected chi connectivity index (χ3v) is 1.73. The van der Waals surface area contributed by atoms with Crippen molar-refractivity contribution in [3.8, 4) is 0 Å². The topological polar surface area (TPSA) is 60.0 Å². The minimum absolute atomic E-state index is 0.296. The lowest BCUT2D eigenvalue weighted by Crippen LogP contribution is -2.25. The van der Waals surface area contributed by atoms with E-state index in [4.69, 9.17) is 14.2 Å². The Morgan fingerprint density at radius 1 is 1.13 bits per heavy atom. The maximum atomic E-state index is 9.39. The van der Waals surface area contributed by atoms with Crippen molar-refractivity contribution in [2.24, 2.45) is 0 Å².